The molecule has 0 heterocycles. The van der Waals surface area contributed by atoms with Gasteiger partial charge in [-0.15, -0.1) is 0 Å². The smallest absolute Gasteiger partial charge is 0.314 e. The van der Waals surface area contributed by atoms with Crippen LogP contribution in [0.4, 0.5) is 0 Å². The van der Waals surface area contributed by atoms with Crippen molar-refractivity contribution in [2.45, 2.75) is 83.5 Å². The molecule has 0 saturated carbocycles. The average molecular weight is 290 g/mol. The molecule has 20 heavy (non-hydrogen) atoms. The molecule has 5 nitrogen and oxygen atoms in total. The van der Waals surface area contributed by atoms with Crippen LogP contribution in [0, 0.1) is 0 Å². The molecule has 0 saturated heterocycles. The molecule has 5 heteroatoms. The predicted molar refractivity (Wildman–Crippen MR) is 76.8 cm³/mol. The Labute approximate surface area is 122 Å². The summed E-state index contributed by atoms with van der Waals surface area (Å²) in [5.74, 6) is -3.76. The molecule has 120 valence electrons. The van der Waals surface area contributed by atoms with Crippen LogP contribution < -0.4 is 0 Å². The Bertz CT molecular complexity index is 235. The van der Waals surface area contributed by atoms with E-state index in [1.807, 2.05) is 0 Å². The van der Waals surface area contributed by atoms with Crippen molar-refractivity contribution >= 4 is 5.97 Å². The van der Waals surface area contributed by atoms with E-state index in [2.05, 4.69) is 6.92 Å². The third-order valence-corrected chi connectivity index (χ3v) is 3.14. The molecule has 0 aromatic heterocycles. The largest absolute Gasteiger partial charge is 0.465 e. The topological polar surface area (TPSA) is 87.0 Å². The number of ether oxygens (including phenoxy) is 1. The van der Waals surface area contributed by atoms with Gasteiger partial charge >= 0.3 is 5.97 Å². The quantitative estimate of drug-likeness (QED) is 0.275. The van der Waals surface area contributed by atoms with Crippen molar-refractivity contribution in [3.05, 3.63) is 0 Å². The number of hydrogen-bond acceptors (Lipinski definition) is 5. The average Bonchev–Trinajstić information content (AvgIpc) is 2.34. The number of aliphatic hydroxyl groups is 3. The maximum atomic E-state index is 11.0. The molecule has 0 unspecified atom stereocenters. The molecular weight excluding hydrogens is 260 g/mol. The number of rotatable bonds is 13. The van der Waals surface area contributed by atoms with Gasteiger partial charge in [0.05, 0.1) is 6.61 Å². The zero-order chi connectivity index (χ0) is 15.3. The number of unbranched alkanes of at least 4 members (excludes halogenated alkanes) is 9. The first-order valence-electron chi connectivity index (χ1n) is 7.78. The summed E-state index contributed by atoms with van der Waals surface area (Å²) in [6.07, 6.45) is 11.2. The fourth-order valence-electron chi connectivity index (χ4n) is 2.02. The van der Waals surface area contributed by atoms with Crippen molar-refractivity contribution in [1.29, 1.82) is 0 Å². The van der Waals surface area contributed by atoms with Crippen molar-refractivity contribution in [2.24, 2.45) is 0 Å². The Kier molecular flexibility index (Phi) is 11.7. The predicted octanol–water partition coefficient (Wildman–Crippen LogP) is 2.47. The maximum Gasteiger partial charge on any atom is 0.314 e. The van der Waals surface area contributed by atoms with Crippen LogP contribution in [0.15, 0.2) is 0 Å². The number of esters is 1. The van der Waals surface area contributed by atoms with E-state index in [1.54, 1.807) is 0 Å². The van der Waals surface area contributed by atoms with Crippen LogP contribution in [0.3, 0.4) is 0 Å². The summed E-state index contributed by atoms with van der Waals surface area (Å²) in [5.41, 5.74) is 0. The van der Waals surface area contributed by atoms with Gasteiger partial charge < -0.3 is 20.1 Å². The Balaban J connectivity index is 3.19. The molecule has 3 N–H and O–H groups in total. The Morgan fingerprint density at radius 1 is 0.850 bits per heavy atom. The molecule has 0 aromatic rings. The van der Waals surface area contributed by atoms with Crippen molar-refractivity contribution in [3.63, 3.8) is 0 Å². The van der Waals surface area contributed by atoms with Gasteiger partial charge in [-0.1, -0.05) is 64.7 Å². The molecule has 0 spiro atoms. The summed E-state index contributed by atoms with van der Waals surface area (Å²) >= 11 is 0. The second kappa shape index (κ2) is 12.1. The molecular formula is C15H30O5. The van der Waals surface area contributed by atoms with E-state index in [9.17, 15) is 4.79 Å². The highest BCUT2D eigenvalue weighted by Gasteiger charge is 2.23. The van der Waals surface area contributed by atoms with E-state index in [0.717, 1.165) is 19.3 Å². The lowest BCUT2D eigenvalue weighted by Crippen LogP contribution is -2.31. The summed E-state index contributed by atoms with van der Waals surface area (Å²) in [6.45, 7) is 2.49. The third-order valence-electron chi connectivity index (χ3n) is 3.14. The Morgan fingerprint density at radius 2 is 1.30 bits per heavy atom. The molecule has 0 amide bonds. The van der Waals surface area contributed by atoms with Crippen LogP contribution >= 0.6 is 0 Å². The normalized spacial score (nSPS) is 11.6. The monoisotopic (exact) mass is 290 g/mol. The van der Waals surface area contributed by atoms with Gasteiger partial charge in [0, 0.05) is 0 Å². The highest BCUT2D eigenvalue weighted by atomic mass is 16.7. The lowest BCUT2D eigenvalue weighted by molar-refractivity contribution is -0.312. The highest BCUT2D eigenvalue weighted by Crippen LogP contribution is 2.10. The summed E-state index contributed by atoms with van der Waals surface area (Å²) in [7, 11) is 0. The molecule has 0 radical (unpaired) electrons. The minimum absolute atomic E-state index is 0.269. The van der Waals surface area contributed by atoms with Gasteiger partial charge in [0.15, 0.2) is 0 Å². The number of hydrogen-bond donors (Lipinski definition) is 3. The Morgan fingerprint density at radius 3 is 1.75 bits per heavy atom. The van der Waals surface area contributed by atoms with E-state index in [4.69, 9.17) is 20.1 Å². The first-order chi connectivity index (χ1) is 9.45. The highest BCUT2D eigenvalue weighted by molar-refractivity contribution is 5.69. The number of carbonyl (C=O) groups is 1. The third kappa shape index (κ3) is 15.4. The van der Waals surface area contributed by atoms with E-state index in [-0.39, 0.29) is 6.61 Å². The van der Waals surface area contributed by atoms with Crippen molar-refractivity contribution in [3.8, 4) is 0 Å². The van der Waals surface area contributed by atoms with Crippen LogP contribution in [-0.4, -0.2) is 33.9 Å². The molecule has 0 bridgehead atoms. The van der Waals surface area contributed by atoms with Crippen LogP contribution in [0.25, 0.3) is 0 Å². The van der Waals surface area contributed by atoms with Crippen LogP contribution in [0.1, 0.15) is 77.6 Å². The van der Waals surface area contributed by atoms with E-state index >= 15 is 0 Å². The van der Waals surface area contributed by atoms with Crippen molar-refractivity contribution < 1.29 is 24.9 Å². The lowest BCUT2D eigenvalue weighted by Gasteiger charge is -2.12. The van der Waals surface area contributed by atoms with E-state index in [1.165, 1.54) is 44.9 Å². The van der Waals surface area contributed by atoms with Gasteiger partial charge in [0.2, 0.25) is 0 Å². The zero-order valence-electron chi connectivity index (χ0n) is 12.6. The summed E-state index contributed by atoms with van der Waals surface area (Å²) in [5, 5.41) is 25.7. The Hall–Kier alpha value is -0.650. The summed E-state index contributed by atoms with van der Waals surface area (Å²) < 4.78 is 4.77. The van der Waals surface area contributed by atoms with Gasteiger partial charge in [-0.2, -0.15) is 0 Å². The fraction of sp³-hybridized carbons (Fsp3) is 0.933. The lowest BCUT2D eigenvalue weighted by atomic mass is 10.1. The molecule has 0 aliphatic heterocycles. The molecule has 0 fully saturated rings. The van der Waals surface area contributed by atoms with Gasteiger partial charge in [-0.3, -0.25) is 4.79 Å². The first kappa shape index (κ1) is 19.4. The van der Waals surface area contributed by atoms with Gasteiger partial charge in [-0.05, 0) is 6.42 Å². The van der Waals surface area contributed by atoms with Gasteiger partial charge in [-0.25, -0.2) is 0 Å². The fourth-order valence-corrected chi connectivity index (χ4v) is 2.02. The second-order valence-electron chi connectivity index (χ2n) is 5.35. The second-order valence-corrected chi connectivity index (χ2v) is 5.35. The van der Waals surface area contributed by atoms with Gasteiger partial charge in [0.25, 0.3) is 5.97 Å². The van der Waals surface area contributed by atoms with E-state index in [0.29, 0.717) is 0 Å². The minimum atomic E-state index is -2.96. The summed E-state index contributed by atoms with van der Waals surface area (Å²) in [4.78, 5) is 11.0. The SMILES string of the molecule is CCCCCCCCCCCCOC(=O)CC(O)(O)O. The standard InChI is InChI=1S/C15H30O5/c1-2-3-4-5-6-7-8-9-10-11-12-20-14(16)13-15(17,18)19/h17-19H,2-13H2,1H3. The van der Waals surface area contributed by atoms with Gasteiger partial charge in [0.1, 0.15) is 6.42 Å². The molecule has 0 atom stereocenters. The molecule has 0 rings (SSSR count). The number of carbonyl (C=O) groups excluding carboxylic acids is 1. The zero-order valence-corrected chi connectivity index (χ0v) is 12.6. The van der Waals surface area contributed by atoms with Crippen molar-refractivity contribution in [2.75, 3.05) is 6.61 Å². The van der Waals surface area contributed by atoms with Crippen LogP contribution in [0.5, 0.6) is 0 Å². The molecule has 0 aliphatic carbocycles. The van der Waals surface area contributed by atoms with Crippen LogP contribution in [-0.2, 0) is 9.53 Å². The minimum Gasteiger partial charge on any atom is -0.465 e. The van der Waals surface area contributed by atoms with Crippen LogP contribution in [0.2, 0.25) is 0 Å². The summed E-state index contributed by atoms with van der Waals surface area (Å²) in [6, 6.07) is 0. The molecule has 0 aromatic carbocycles. The molecule has 0 aliphatic rings. The van der Waals surface area contributed by atoms with E-state index < -0.39 is 18.4 Å². The van der Waals surface area contributed by atoms with Crippen molar-refractivity contribution in [1.82, 2.24) is 0 Å². The first-order valence-corrected chi connectivity index (χ1v) is 7.78. The maximum absolute atomic E-state index is 11.0.